The highest BCUT2D eigenvalue weighted by atomic mass is 16.5. The van der Waals surface area contributed by atoms with Crippen LogP contribution < -0.4 is 5.32 Å². The molecule has 1 aliphatic rings. The summed E-state index contributed by atoms with van der Waals surface area (Å²) in [6.45, 7) is 4.98. The fourth-order valence-corrected chi connectivity index (χ4v) is 1.27. The van der Waals surface area contributed by atoms with E-state index in [4.69, 9.17) is 0 Å². The second-order valence-electron chi connectivity index (χ2n) is 3.44. The van der Waals surface area contributed by atoms with Crippen LogP contribution in [0.4, 0.5) is 0 Å². The van der Waals surface area contributed by atoms with Crippen LogP contribution in [0.5, 0.6) is 0 Å². The largest absolute Gasteiger partial charge is 0.385 e. The van der Waals surface area contributed by atoms with Gasteiger partial charge in [-0.2, -0.15) is 0 Å². The van der Waals surface area contributed by atoms with E-state index >= 15 is 0 Å². The lowest BCUT2D eigenvalue weighted by atomic mass is 10.1. The van der Waals surface area contributed by atoms with Crippen molar-refractivity contribution in [3.8, 4) is 0 Å². The number of nitrogens with zero attached hydrogens (tertiary/aromatic N) is 1. The van der Waals surface area contributed by atoms with E-state index in [1.165, 1.54) is 0 Å². The molecule has 0 unspecified atom stereocenters. The van der Waals surface area contributed by atoms with E-state index in [9.17, 15) is 4.79 Å². The van der Waals surface area contributed by atoms with Crippen LogP contribution in [0.25, 0.3) is 0 Å². The summed E-state index contributed by atoms with van der Waals surface area (Å²) in [6.07, 6.45) is 2.99. The normalized spacial score (nSPS) is 18.2. The minimum atomic E-state index is 0.425. The highest BCUT2D eigenvalue weighted by molar-refractivity contribution is 5.46. The molecule has 0 atom stereocenters. The molecule has 1 heterocycles. The second kappa shape index (κ2) is 8.97. The maximum Gasteiger partial charge on any atom is 0.207 e. The Morgan fingerprint density at radius 1 is 1.50 bits per heavy atom. The summed E-state index contributed by atoms with van der Waals surface area (Å²) < 4.78 is 4.54. The summed E-state index contributed by atoms with van der Waals surface area (Å²) in [5, 5.41) is 2.80. The van der Waals surface area contributed by atoms with Crippen molar-refractivity contribution in [1.29, 1.82) is 0 Å². The maximum atomic E-state index is 10.0. The van der Waals surface area contributed by atoms with Gasteiger partial charge in [0.1, 0.15) is 0 Å². The Hall–Kier alpha value is -0.610. The van der Waals surface area contributed by atoms with Crippen LogP contribution in [0.2, 0.25) is 0 Å². The molecule has 0 aromatic heterocycles. The zero-order chi connectivity index (χ0) is 10.8. The number of carbonyl (C=O) groups excluding carboxylic acids is 1. The van der Waals surface area contributed by atoms with Gasteiger partial charge in [0.25, 0.3) is 0 Å². The number of nitrogens with one attached hydrogen (secondary N) is 1. The molecule has 1 N–H and O–H groups in total. The Morgan fingerprint density at radius 2 is 2.00 bits per heavy atom. The molecule has 0 aromatic carbocycles. The van der Waals surface area contributed by atoms with Crippen LogP contribution >= 0.6 is 0 Å². The van der Waals surface area contributed by atoms with E-state index in [-0.39, 0.29) is 0 Å². The van der Waals surface area contributed by atoms with Crippen LogP contribution in [0.3, 0.4) is 0 Å². The van der Waals surface area contributed by atoms with Crippen molar-refractivity contribution in [1.82, 2.24) is 10.2 Å². The molecule has 0 saturated carbocycles. The molecule has 0 aromatic rings. The molecule has 4 nitrogen and oxygen atoms in total. The highest BCUT2D eigenvalue weighted by Gasteiger charge is 2.14. The van der Waals surface area contributed by atoms with Crippen molar-refractivity contribution in [2.45, 2.75) is 25.8 Å². The number of amides is 1. The van der Waals surface area contributed by atoms with Crippen molar-refractivity contribution < 1.29 is 9.53 Å². The zero-order valence-electron chi connectivity index (χ0n) is 9.45. The Kier molecular flexibility index (Phi) is 8.57. The number of hydrogen-bond donors (Lipinski definition) is 1. The number of methoxy groups -OCH3 is 1. The summed E-state index contributed by atoms with van der Waals surface area (Å²) in [5.74, 6) is 0. The van der Waals surface area contributed by atoms with Crippen LogP contribution in [-0.4, -0.2) is 51.2 Å². The topological polar surface area (TPSA) is 41.6 Å². The maximum absolute atomic E-state index is 10.0. The van der Waals surface area contributed by atoms with Crippen LogP contribution in [0.15, 0.2) is 0 Å². The van der Waals surface area contributed by atoms with Gasteiger partial charge in [0.2, 0.25) is 6.41 Å². The van der Waals surface area contributed by atoms with Crippen molar-refractivity contribution in [3.63, 3.8) is 0 Å². The minimum Gasteiger partial charge on any atom is -0.385 e. The Balaban J connectivity index is 0.000000364. The SMILES string of the molecule is CCOC.CN1CCC(NC=O)CC1. The van der Waals surface area contributed by atoms with Gasteiger partial charge in [0, 0.05) is 19.8 Å². The third kappa shape index (κ3) is 6.86. The number of carbonyl (C=O) groups is 1. The van der Waals surface area contributed by atoms with Gasteiger partial charge >= 0.3 is 0 Å². The average Bonchev–Trinajstić information content (AvgIpc) is 2.22. The van der Waals surface area contributed by atoms with E-state index < -0.39 is 0 Å². The van der Waals surface area contributed by atoms with E-state index in [0.717, 1.165) is 38.9 Å². The number of ether oxygens (including phenoxy) is 1. The molecule has 84 valence electrons. The zero-order valence-corrected chi connectivity index (χ0v) is 9.45. The van der Waals surface area contributed by atoms with E-state index in [2.05, 4.69) is 22.0 Å². The smallest absolute Gasteiger partial charge is 0.207 e. The van der Waals surface area contributed by atoms with Gasteiger partial charge in [-0.25, -0.2) is 0 Å². The molecule has 1 saturated heterocycles. The summed E-state index contributed by atoms with van der Waals surface area (Å²) in [7, 11) is 3.79. The van der Waals surface area contributed by atoms with E-state index in [1.54, 1.807) is 7.11 Å². The molecule has 0 spiro atoms. The first-order valence-electron chi connectivity index (χ1n) is 5.11. The molecule has 0 bridgehead atoms. The summed E-state index contributed by atoms with van der Waals surface area (Å²) >= 11 is 0. The quantitative estimate of drug-likeness (QED) is 0.677. The second-order valence-corrected chi connectivity index (χ2v) is 3.44. The Morgan fingerprint density at radius 3 is 2.36 bits per heavy atom. The van der Waals surface area contributed by atoms with Gasteiger partial charge in [-0.05, 0) is 39.9 Å². The lowest BCUT2D eigenvalue weighted by molar-refractivity contribution is -0.110. The fraction of sp³-hybridized carbons (Fsp3) is 0.900. The Bertz CT molecular complexity index is 132. The summed E-state index contributed by atoms with van der Waals surface area (Å²) in [5.41, 5.74) is 0. The third-order valence-corrected chi connectivity index (χ3v) is 2.31. The minimum absolute atomic E-state index is 0.425. The van der Waals surface area contributed by atoms with Crippen LogP contribution in [0, 0.1) is 0 Å². The molecule has 1 aliphatic heterocycles. The number of hydrogen-bond acceptors (Lipinski definition) is 3. The predicted molar refractivity (Wildman–Crippen MR) is 57.3 cm³/mol. The molecule has 1 amide bonds. The van der Waals surface area contributed by atoms with Gasteiger partial charge in [0.05, 0.1) is 0 Å². The fourth-order valence-electron chi connectivity index (χ4n) is 1.27. The molecule has 1 fully saturated rings. The molecule has 0 radical (unpaired) electrons. The van der Waals surface area contributed by atoms with Gasteiger partial charge < -0.3 is 15.0 Å². The summed E-state index contributed by atoms with van der Waals surface area (Å²) in [6, 6.07) is 0.425. The van der Waals surface area contributed by atoms with E-state index in [1.807, 2.05) is 6.92 Å². The third-order valence-electron chi connectivity index (χ3n) is 2.31. The van der Waals surface area contributed by atoms with Gasteiger partial charge in [-0.1, -0.05) is 0 Å². The van der Waals surface area contributed by atoms with Crippen LogP contribution in [-0.2, 0) is 9.53 Å². The molecule has 14 heavy (non-hydrogen) atoms. The van der Waals surface area contributed by atoms with Gasteiger partial charge in [-0.15, -0.1) is 0 Å². The number of piperidine rings is 1. The predicted octanol–water partition coefficient (Wildman–Crippen LogP) is 0.479. The molecular weight excluding hydrogens is 180 g/mol. The standard InChI is InChI=1S/C7H14N2O.C3H8O/c1-9-4-2-7(3-5-9)8-6-10;1-3-4-2/h6-7H,2-5H2,1H3,(H,8,10);3H2,1-2H3. The van der Waals surface area contributed by atoms with Gasteiger partial charge in [0.15, 0.2) is 0 Å². The lowest BCUT2D eigenvalue weighted by Gasteiger charge is -2.28. The molecule has 4 heteroatoms. The first-order valence-corrected chi connectivity index (χ1v) is 5.11. The first kappa shape index (κ1) is 13.4. The van der Waals surface area contributed by atoms with Crippen molar-refractivity contribution in [2.75, 3.05) is 33.9 Å². The van der Waals surface area contributed by atoms with Crippen LogP contribution in [0.1, 0.15) is 19.8 Å². The first-order chi connectivity index (χ1) is 6.74. The average molecular weight is 202 g/mol. The highest BCUT2D eigenvalue weighted by Crippen LogP contribution is 2.06. The lowest BCUT2D eigenvalue weighted by Crippen LogP contribution is -2.40. The number of rotatable bonds is 3. The van der Waals surface area contributed by atoms with Crippen molar-refractivity contribution in [2.24, 2.45) is 0 Å². The molecular formula is C10H22N2O2. The monoisotopic (exact) mass is 202 g/mol. The molecule has 1 rings (SSSR count). The Labute approximate surface area is 86.6 Å². The van der Waals surface area contributed by atoms with E-state index in [0.29, 0.717) is 6.04 Å². The summed E-state index contributed by atoms with van der Waals surface area (Å²) in [4.78, 5) is 12.3. The molecule has 0 aliphatic carbocycles. The number of likely N-dealkylation sites (tertiary alicyclic amines) is 1. The van der Waals surface area contributed by atoms with Crippen molar-refractivity contribution >= 4 is 6.41 Å². The van der Waals surface area contributed by atoms with Gasteiger partial charge in [-0.3, -0.25) is 4.79 Å². The van der Waals surface area contributed by atoms with Crippen molar-refractivity contribution in [3.05, 3.63) is 0 Å².